The van der Waals surface area contributed by atoms with Crippen LogP contribution in [0.25, 0.3) is 33.3 Å². The van der Waals surface area contributed by atoms with Gasteiger partial charge in [0, 0.05) is 27.2 Å². The summed E-state index contributed by atoms with van der Waals surface area (Å²) in [6, 6.07) is 28.2. The first-order valence-electron chi connectivity index (χ1n) is 10.4. The summed E-state index contributed by atoms with van der Waals surface area (Å²) >= 11 is 1.75. The van der Waals surface area contributed by atoms with E-state index >= 15 is 0 Å². The molecule has 5 heteroatoms. The molecule has 1 aromatic heterocycles. The molecule has 0 aliphatic carbocycles. The van der Waals surface area contributed by atoms with Crippen molar-refractivity contribution in [2.24, 2.45) is 0 Å². The average Bonchev–Trinajstić information content (AvgIpc) is 2.84. The topological polar surface area (TPSA) is 33.1 Å². The highest BCUT2D eigenvalue weighted by molar-refractivity contribution is 7.98. The highest BCUT2D eigenvalue weighted by atomic mass is 32.2. The zero-order chi connectivity index (χ0) is 22.8. The third-order valence-corrected chi connectivity index (χ3v) is 6.47. The van der Waals surface area contributed by atoms with Crippen LogP contribution < -0.4 is 0 Å². The van der Waals surface area contributed by atoms with E-state index in [1.807, 2.05) is 36.4 Å². The maximum absolute atomic E-state index is 14.9. The van der Waals surface area contributed by atoms with Crippen molar-refractivity contribution < 1.29 is 13.9 Å². The number of pyridine rings is 1. The summed E-state index contributed by atoms with van der Waals surface area (Å²) in [7, 11) is 0. The number of aromatic nitrogens is 1. The molecule has 5 rings (SSSR count). The monoisotopic (exact) mass is 455 g/mol. The smallest absolute Gasteiger partial charge is 0.131 e. The molecule has 0 radical (unpaired) electrons. The maximum atomic E-state index is 14.9. The number of phenolic OH excluding ortho intramolecular Hbond substituents is 1. The first kappa shape index (κ1) is 21.2. The molecule has 0 amide bonds. The molecule has 1 heterocycles. The van der Waals surface area contributed by atoms with Crippen molar-refractivity contribution in [2.45, 2.75) is 10.6 Å². The fourth-order valence-electron chi connectivity index (χ4n) is 3.73. The van der Waals surface area contributed by atoms with Crippen LogP contribution in [0.4, 0.5) is 8.78 Å². The van der Waals surface area contributed by atoms with Gasteiger partial charge in [-0.25, -0.2) is 13.8 Å². The SMILES string of the molecule is Oc1cc(-c2cccc(F)c2)c(F)cc1-c1ccc2cc(SCc3ccccc3)ccc2n1. The predicted octanol–water partition coefficient (Wildman–Crippen LogP) is 7.84. The minimum Gasteiger partial charge on any atom is -0.507 e. The fourth-order valence-corrected chi connectivity index (χ4v) is 4.63. The molecule has 0 fully saturated rings. The normalized spacial score (nSPS) is 11.1. The van der Waals surface area contributed by atoms with Gasteiger partial charge in [0.25, 0.3) is 0 Å². The number of aromatic hydroxyl groups is 1. The van der Waals surface area contributed by atoms with E-state index in [2.05, 4.69) is 23.2 Å². The van der Waals surface area contributed by atoms with Gasteiger partial charge in [-0.3, -0.25) is 0 Å². The molecule has 1 N–H and O–H groups in total. The fraction of sp³-hybridized carbons (Fsp3) is 0.0357. The number of halogens is 2. The Bertz CT molecular complexity index is 1450. The van der Waals surface area contributed by atoms with E-state index in [1.54, 1.807) is 23.9 Å². The molecule has 0 saturated heterocycles. The van der Waals surface area contributed by atoms with Crippen molar-refractivity contribution in [3.8, 4) is 28.1 Å². The van der Waals surface area contributed by atoms with Gasteiger partial charge in [0.05, 0.1) is 11.2 Å². The Morgan fingerprint density at radius 2 is 1.61 bits per heavy atom. The van der Waals surface area contributed by atoms with Crippen LogP contribution in [0.5, 0.6) is 5.75 Å². The second kappa shape index (κ2) is 9.04. The number of benzene rings is 4. The summed E-state index contributed by atoms with van der Waals surface area (Å²) < 4.78 is 28.4. The molecule has 4 aromatic carbocycles. The lowest BCUT2D eigenvalue weighted by atomic mass is 10.00. The van der Waals surface area contributed by atoms with Gasteiger partial charge in [-0.15, -0.1) is 11.8 Å². The second-order valence-electron chi connectivity index (χ2n) is 7.68. The quantitative estimate of drug-likeness (QED) is 0.274. The van der Waals surface area contributed by atoms with Crippen LogP contribution in [0.15, 0.2) is 102 Å². The summed E-state index contributed by atoms with van der Waals surface area (Å²) in [4.78, 5) is 5.76. The van der Waals surface area contributed by atoms with Gasteiger partial charge in [0.15, 0.2) is 0 Å². The number of nitrogens with zero attached hydrogens (tertiary/aromatic N) is 1. The minimum atomic E-state index is -0.553. The lowest BCUT2D eigenvalue weighted by Gasteiger charge is -2.10. The van der Waals surface area contributed by atoms with Crippen molar-refractivity contribution >= 4 is 22.7 Å². The Kier molecular flexibility index (Phi) is 5.80. The van der Waals surface area contributed by atoms with E-state index in [4.69, 9.17) is 0 Å². The third kappa shape index (κ3) is 4.59. The van der Waals surface area contributed by atoms with E-state index in [9.17, 15) is 13.9 Å². The highest BCUT2D eigenvalue weighted by Gasteiger charge is 2.14. The van der Waals surface area contributed by atoms with Gasteiger partial charge >= 0.3 is 0 Å². The van der Waals surface area contributed by atoms with Crippen molar-refractivity contribution in [1.29, 1.82) is 0 Å². The van der Waals surface area contributed by atoms with Gasteiger partial charge in [-0.05, 0) is 59.7 Å². The molecular weight excluding hydrogens is 436 g/mol. The lowest BCUT2D eigenvalue weighted by molar-refractivity contribution is 0.475. The Labute approximate surface area is 194 Å². The van der Waals surface area contributed by atoms with Crippen molar-refractivity contribution in [3.63, 3.8) is 0 Å². The number of hydrogen-bond acceptors (Lipinski definition) is 3. The van der Waals surface area contributed by atoms with E-state index < -0.39 is 11.6 Å². The van der Waals surface area contributed by atoms with Crippen LogP contribution in [0.3, 0.4) is 0 Å². The number of thioether (sulfide) groups is 1. The summed E-state index contributed by atoms with van der Waals surface area (Å²) in [5.74, 6) is -0.253. The molecule has 0 saturated carbocycles. The second-order valence-corrected chi connectivity index (χ2v) is 8.73. The van der Waals surface area contributed by atoms with E-state index in [0.717, 1.165) is 21.6 Å². The molecule has 0 spiro atoms. The van der Waals surface area contributed by atoms with Gasteiger partial charge in [-0.2, -0.15) is 0 Å². The van der Waals surface area contributed by atoms with Crippen LogP contribution >= 0.6 is 11.8 Å². The maximum Gasteiger partial charge on any atom is 0.131 e. The van der Waals surface area contributed by atoms with Gasteiger partial charge < -0.3 is 5.11 Å². The molecule has 162 valence electrons. The molecule has 0 aliphatic heterocycles. The van der Waals surface area contributed by atoms with Crippen LogP contribution in [-0.2, 0) is 5.75 Å². The summed E-state index contributed by atoms with van der Waals surface area (Å²) in [5, 5.41) is 11.6. The average molecular weight is 456 g/mol. The van der Waals surface area contributed by atoms with Crippen LogP contribution in [0, 0.1) is 11.6 Å². The first-order valence-corrected chi connectivity index (χ1v) is 11.4. The van der Waals surface area contributed by atoms with Gasteiger partial charge in [-0.1, -0.05) is 48.5 Å². The lowest BCUT2D eigenvalue weighted by Crippen LogP contribution is -1.91. The van der Waals surface area contributed by atoms with Crippen LogP contribution in [0.1, 0.15) is 5.56 Å². The Hall–Kier alpha value is -3.70. The third-order valence-electron chi connectivity index (χ3n) is 5.41. The van der Waals surface area contributed by atoms with E-state index in [0.29, 0.717) is 11.3 Å². The zero-order valence-electron chi connectivity index (χ0n) is 17.5. The Morgan fingerprint density at radius 1 is 0.758 bits per heavy atom. The van der Waals surface area contributed by atoms with Crippen LogP contribution in [-0.4, -0.2) is 10.1 Å². The first-order chi connectivity index (χ1) is 16.1. The highest BCUT2D eigenvalue weighted by Crippen LogP contribution is 2.36. The number of rotatable bonds is 5. The Balaban J connectivity index is 1.43. The molecule has 2 nitrogen and oxygen atoms in total. The minimum absolute atomic E-state index is 0.113. The predicted molar refractivity (Wildman–Crippen MR) is 130 cm³/mol. The summed E-state index contributed by atoms with van der Waals surface area (Å²) in [6.45, 7) is 0. The van der Waals surface area contributed by atoms with E-state index in [1.165, 1.54) is 35.9 Å². The zero-order valence-corrected chi connectivity index (χ0v) is 18.3. The summed E-state index contributed by atoms with van der Waals surface area (Å²) in [6.07, 6.45) is 0. The van der Waals surface area contributed by atoms with Crippen molar-refractivity contribution in [2.75, 3.05) is 0 Å². The number of phenols is 1. The standard InChI is InChI=1S/C28H19F2NOS/c29-21-8-4-7-19(13-21)23-16-28(32)24(15-25(23)30)27-11-9-20-14-22(10-12-26(20)31-27)33-17-18-5-2-1-3-6-18/h1-16,32H,17H2. The Morgan fingerprint density at radius 3 is 2.42 bits per heavy atom. The molecule has 0 bridgehead atoms. The molecule has 0 aliphatic rings. The molecule has 33 heavy (non-hydrogen) atoms. The molecule has 0 atom stereocenters. The molecular formula is C28H19F2NOS. The molecule has 0 unspecified atom stereocenters. The van der Waals surface area contributed by atoms with Gasteiger partial charge in [0.1, 0.15) is 17.4 Å². The summed E-state index contributed by atoms with van der Waals surface area (Å²) in [5.41, 5.74) is 3.27. The molecule has 5 aromatic rings. The van der Waals surface area contributed by atoms with Gasteiger partial charge in [0.2, 0.25) is 0 Å². The number of hydrogen-bond donors (Lipinski definition) is 1. The van der Waals surface area contributed by atoms with Crippen LogP contribution in [0.2, 0.25) is 0 Å². The van der Waals surface area contributed by atoms with Crippen molar-refractivity contribution in [1.82, 2.24) is 4.98 Å². The largest absolute Gasteiger partial charge is 0.507 e. The number of fused-ring (bicyclic) bond motifs is 1. The van der Waals surface area contributed by atoms with E-state index in [-0.39, 0.29) is 16.9 Å². The van der Waals surface area contributed by atoms with Crippen molar-refractivity contribution in [3.05, 3.63) is 114 Å².